The summed E-state index contributed by atoms with van der Waals surface area (Å²) in [6.07, 6.45) is 2.30. The van der Waals surface area contributed by atoms with Gasteiger partial charge < -0.3 is 18.9 Å². The van der Waals surface area contributed by atoms with E-state index in [1.807, 2.05) is 6.92 Å². The number of ether oxygens (including phenoxy) is 4. The first kappa shape index (κ1) is 28.7. The van der Waals surface area contributed by atoms with Crippen molar-refractivity contribution in [2.24, 2.45) is 4.99 Å². The van der Waals surface area contributed by atoms with Crippen molar-refractivity contribution in [1.29, 1.82) is 0 Å². The van der Waals surface area contributed by atoms with Gasteiger partial charge in [-0.1, -0.05) is 42.5 Å². The molecule has 0 saturated carbocycles. The molecule has 1 aliphatic rings. The molecule has 0 unspecified atom stereocenters. The molecule has 11 nitrogen and oxygen atoms in total. The Morgan fingerprint density at radius 2 is 1.95 bits per heavy atom. The Hall–Kier alpha value is -4.29. The number of nitro groups is 1. The molecule has 12 heteroatoms. The van der Waals surface area contributed by atoms with Gasteiger partial charge in [0.05, 0.1) is 41.0 Å². The van der Waals surface area contributed by atoms with Crippen molar-refractivity contribution >= 4 is 29.1 Å². The maximum Gasteiger partial charge on any atom is 0.338 e. The lowest BCUT2D eigenvalue weighted by molar-refractivity contribution is -0.384. The number of nitro benzene ring substituents is 1. The number of hydrogen-bond donors (Lipinski definition) is 0. The molecule has 0 spiro atoms. The molecule has 2 aromatic carbocycles. The summed E-state index contributed by atoms with van der Waals surface area (Å²) in [5, 5.41) is 11.3. The summed E-state index contributed by atoms with van der Waals surface area (Å²) < 4.78 is 23.9. The molecule has 0 amide bonds. The van der Waals surface area contributed by atoms with Gasteiger partial charge >= 0.3 is 5.97 Å². The van der Waals surface area contributed by atoms with E-state index in [0.717, 1.165) is 17.8 Å². The number of allylic oxidation sites excluding steroid dienone is 1. The molecular formula is C28H29N3O8S. The van der Waals surface area contributed by atoms with E-state index in [2.05, 4.69) is 4.99 Å². The van der Waals surface area contributed by atoms with E-state index in [0.29, 0.717) is 44.3 Å². The Balaban J connectivity index is 1.96. The predicted molar refractivity (Wildman–Crippen MR) is 148 cm³/mol. The van der Waals surface area contributed by atoms with Crippen molar-refractivity contribution in [2.75, 3.05) is 34.0 Å². The van der Waals surface area contributed by atoms with Gasteiger partial charge in [0.2, 0.25) is 0 Å². The number of nitrogens with zero attached hydrogens (tertiary/aromatic N) is 3. The lowest BCUT2D eigenvalue weighted by Gasteiger charge is -2.27. The lowest BCUT2D eigenvalue weighted by atomic mass is 9.94. The third-order valence-corrected chi connectivity index (χ3v) is 7.10. The number of thiazole rings is 1. The molecule has 1 aromatic heterocycles. The van der Waals surface area contributed by atoms with E-state index in [1.54, 1.807) is 43.3 Å². The zero-order chi connectivity index (χ0) is 28.8. The third kappa shape index (κ3) is 5.82. The smallest absolute Gasteiger partial charge is 0.338 e. The summed E-state index contributed by atoms with van der Waals surface area (Å²) in [5.74, 6) is 0.217. The average molecular weight is 568 g/mol. The number of para-hydroxylation sites is 1. The number of fused-ring (bicyclic) bond motifs is 1. The molecule has 0 radical (unpaired) electrons. The van der Waals surface area contributed by atoms with E-state index in [9.17, 15) is 19.7 Å². The largest absolute Gasteiger partial charge is 0.493 e. The third-order valence-electron chi connectivity index (χ3n) is 6.12. The maximum atomic E-state index is 13.9. The van der Waals surface area contributed by atoms with Gasteiger partial charge in [-0.05, 0) is 31.1 Å². The van der Waals surface area contributed by atoms with Crippen LogP contribution >= 0.6 is 11.3 Å². The summed E-state index contributed by atoms with van der Waals surface area (Å²) in [7, 11) is 3.02. The number of aromatic nitrogens is 1. The highest BCUT2D eigenvalue weighted by Gasteiger charge is 2.36. The number of non-ortho nitro benzene ring substituents is 1. The minimum atomic E-state index is -0.930. The molecule has 2 heterocycles. The van der Waals surface area contributed by atoms with Gasteiger partial charge in [-0.2, -0.15) is 0 Å². The van der Waals surface area contributed by atoms with Gasteiger partial charge in [0, 0.05) is 24.8 Å². The van der Waals surface area contributed by atoms with Crippen LogP contribution in [0.15, 0.2) is 63.5 Å². The summed E-state index contributed by atoms with van der Waals surface area (Å²) in [6, 6.07) is 10.3. The molecule has 4 rings (SSSR count). The van der Waals surface area contributed by atoms with Gasteiger partial charge in [0.1, 0.15) is 12.6 Å². The predicted octanol–water partition coefficient (Wildman–Crippen LogP) is 3.13. The quantitative estimate of drug-likeness (QED) is 0.149. The fraction of sp³-hybridized carbons (Fsp3) is 0.321. The number of benzene rings is 2. The number of hydrogen-bond acceptors (Lipinski definition) is 10. The monoisotopic (exact) mass is 567 g/mol. The van der Waals surface area contributed by atoms with Gasteiger partial charge in [-0.25, -0.2) is 9.79 Å². The van der Waals surface area contributed by atoms with Crippen LogP contribution in [0.25, 0.3) is 6.08 Å². The van der Waals surface area contributed by atoms with Crippen LogP contribution in [0.4, 0.5) is 5.69 Å². The van der Waals surface area contributed by atoms with Crippen LogP contribution in [-0.4, -0.2) is 49.5 Å². The Kier molecular flexibility index (Phi) is 9.12. The van der Waals surface area contributed by atoms with Crippen molar-refractivity contribution in [3.8, 4) is 11.5 Å². The Morgan fingerprint density at radius 1 is 1.18 bits per heavy atom. The van der Waals surface area contributed by atoms with E-state index < -0.39 is 22.5 Å². The average Bonchev–Trinajstić information content (AvgIpc) is 3.24. The van der Waals surface area contributed by atoms with Gasteiger partial charge in [-0.15, -0.1) is 0 Å². The van der Waals surface area contributed by atoms with E-state index >= 15 is 0 Å². The van der Waals surface area contributed by atoms with Crippen LogP contribution in [0.2, 0.25) is 0 Å². The first-order valence-corrected chi connectivity index (χ1v) is 13.3. The van der Waals surface area contributed by atoms with Gasteiger partial charge in [0.15, 0.2) is 16.3 Å². The summed E-state index contributed by atoms with van der Waals surface area (Å²) in [4.78, 5) is 43.0. The molecule has 0 saturated heterocycles. The highest BCUT2D eigenvalue weighted by Crippen LogP contribution is 2.40. The van der Waals surface area contributed by atoms with E-state index in [1.165, 1.54) is 30.9 Å². The fourth-order valence-electron chi connectivity index (χ4n) is 4.32. The van der Waals surface area contributed by atoms with Gasteiger partial charge in [0.25, 0.3) is 11.2 Å². The SMILES string of the molecule is CCCOc1c(OC)cccc1[C@H]1C(C(=O)OCCOC)=C(C)N=c2s/c(=C/c3cccc([N+](=O)[O-])c3)c(=O)n21. The topological polar surface area (TPSA) is 131 Å². The molecule has 0 aliphatic carbocycles. The zero-order valence-electron chi connectivity index (χ0n) is 22.5. The number of carbonyl (C=O) groups is 1. The van der Waals surface area contributed by atoms with Gasteiger partial charge in [-0.3, -0.25) is 19.5 Å². The molecule has 3 aromatic rings. The van der Waals surface area contributed by atoms with Crippen molar-refractivity contribution in [2.45, 2.75) is 26.3 Å². The Morgan fingerprint density at radius 3 is 2.65 bits per heavy atom. The normalized spacial score (nSPS) is 14.9. The standard InChI is InChI=1S/C28H29N3O8S/c1-5-12-38-25-20(10-7-11-21(25)37-4)24-23(27(33)39-14-13-36-3)17(2)29-28-30(24)26(32)22(40-28)16-18-8-6-9-19(15-18)31(34)35/h6-11,15-16,24H,5,12-14H2,1-4H3/b22-16+/t24-/m0/s1. The molecule has 0 N–H and O–H groups in total. The molecule has 0 bridgehead atoms. The van der Waals surface area contributed by atoms with Crippen molar-refractivity contribution in [3.63, 3.8) is 0 Å². The maximum absolute atomic E-state index is 13.9. The number of methoxy groups -OCH3 is 2. The molecule has 210 valence electrons. The van der Waals surface area contributed by atoms with E-state index in [4.69, 9.17) is 18.9 Å². The second-order valence-electron chi connectivity index (χ2n) is 8.79. The summed E-state index contributed by atoms with van der Waals surface area (Å²) in [5.41, 5.74) is 1.08. The highest BCUT2D eigenvalue weighted by atomic mass is 32.1. The van der Waals surface area contributed by atoms with Crippen molar-refractivity contribution in [3.05, 3.63) is 94.7 Å². The molecule has 1 atom stereocenters. The second-order valence-corrected chi connectivity index (χ2v) is 9.80. The zero-order valence-corrected chi connectivity index (χ0v) is 23.4. The molecular weight excluding hydrogens is 538 g/mol. The van der Waals surface area contributed by atoms with Crippen LogP contribution in [0, 0.1) is 10.1 Å². The lowest BCUT2D eigenvalue weighted by Crippen LogP contribution is -2.40. The Labute approximate surface area is 233 Å². The van der Waals surface area contributed by atoms with Crippen molar-refractivity contribution in [1.82, 2.24) is 4.57 Å². The summed E-state index contributed by atoms with van der Waals surface area (Å²) in [6.45, 7) is 4.26. The van der Waals surface area contributed by atoms with Crippen LogP contribution in [0.1, 0.15) is 37.4 Å². The first-order valence-electron chi connectivity index (χ1n) is 12.5. The number of esters is 1. The highest BCUT2D eigenvalue weighted by molar-refractivity contribution is 7.07. The molecule has 1 aliphatic heterocycles. The summed E-state index contributed by atoms with van der Waals surface area (Å²) >= 11 is 1.12. The van der Waals surface area contributed by atoms with Crippen LogP contribution in [0.3, 0.4) is 0 Å². The van der Waals surface area contributed by atoms with Crippen molar-refractivity contribution < 1.29 is 28.7 Å². The van der Waals surface area contributed by atoms with Crippen LogP contribution in [0.5, 0.6) is 11.5 Å². The molecule has 40 heavy (non-hydrogen) atoms. The van der Waals surface area contributed by atoms with E-state index in [-0.39, 0.29) is 24.5 Å². The Bertz CT molecular complexity index is 1640. The second kappa shape index (κ2) is 12.7. The fourth-order valence-corrected chi connectivity index (χ4v) is 5.37. The van der Waals surface area contributed by atoms with Crippen LogP contribution in [-0.2, 0) is 14.3 Å². The first-order chi connectivity index (χ1) is 19.3. The number of carbonyl (C=O) groups excluding carboxylic acids is 1. The minimum Gasteiger partial charge on any atom is -0.493 e. The van der Waals surface area contributed by atoms with Crippen LogP contribution < -0.4 is 24.4 Å². The molecule has 0 fully saturated rings. The number of rotatable bonds is 11. The minimum absolute atomic E-state index is 0.0212.